The number of hydrogen-bond acceptors (Lipinski definition) is 13. The Kier molecular flexibility index (Phi) is 12.3. The van der Waals surface area contributed by atoms with Crippen LogP contribution in [0.2, 0.25) is 5.02 Å². The van der Waals surface area contributed by atoms with Gasteiger partial charge in [-0.3, -0.25) is 19.0 Å². The van der Waals surface area contributed by atoms with Gasteiger partial charge in [0.2, 0.25) is 0 Å². The van der Waals surface area contributed by atoms with E-state index < -0.39 is 54.4 Å². The third-order valence-electron chi connectivity index (χ3n) is 7.68. The summed E-state index contributed by atoms with van der Waals surface area (Å²) in [5.41, 5.74) is 1.55. The van der Waals surface area contributed by atoms with Crippen LogP contribution in [0.3, 0.4) is 0 Å². The van der Waals surface area contributed by atoms with Gasteiger partial charge in [-0.15, -0.1) is 0 Å². The summed E-state index contributed by atoms with van der Waals surface area (Å²) in [6.07, 6.45) is -5.49. The van der Waals surface area contributed by atoms with E-state index in [0.717, 1.165) is 0 Å². The molecule has 276 valence electrons. The lowest BCUT2D eigenvalue weighted by Gasteiger charge is -2.43. The summed E-state index contributed by atoms with van der Waals surface area (Å²) < 4.78 is 59.8. The van der Waals surface area contributed by atoms with Crippen LogP contribution in [0, 0.1) is 5.82 Å². The minimum atomic E-state index is -1.25. The van der Waals surface area contributed by atoms with Crippen molar-refractivity contribution in [3.63, 3.8) is 0 Å². The number of fused-ring (bicyclic) bond motifs is 1. The Morgan fingerprint density at radius 1 is 0.885 bits per heavy atom. The summed E-state index contributed by atoms with van der Waals surface area (Å²) in [6, 6.07) is 15.7. The molecule has 0 saturated carbocycles. The number of esters is 3. The Balaban J connectivity index is 1.31. The van der Waals surface area contributed by atoms with Crippen LogP contribution in [-0.4, -0.2) is 66.4 Å². The van der Waals surface area contributed by atoms with Gasteiger partial charge in [-0.1, -0.05) is 23.7 Å². The molecule has 5 atom stereocenters. The summed E-state index contributed by atoms with van der Waals surface area (Å²) in [5.74, 6) is -2.31. The van der Waals surface area contributed by atoms with Gasteiger partial charge in [0, 0.05) is 27.8 Å². The zero-order chi connectivity index (χ0) is 37.5. The molecule has 16 heteroatoms. The highest BCUT2D eigenvalue weighted by molar-refractivity contribution is 6.32. The standard InChI is InChI=1S/C36H36ClFN2O12/c1-19-31(49-20(2)41)32(50-21(3)42)33(51-22(4)43)35(48-19)46-14-13-45-26-10-12-29-27(17-26)34(40(5)36(44)52-29)39-25-9-11-30(28(37)16-25)47-18-23-7-6-8-24(38)15-23/h6-12,15-17,19,31-33,35H,13-14,18H2,1-5H3/t19-,31-,32+,33+,35+/m0/s1. The summed E-state index contributed by atoms with van der Waals surface area (Å²) in [4.78, 5) is 52.9. The topological polar surface area (TPSA) is 163 Å². The van der Waals surface area contributed by atoms with E-state index in [2.05, 4.69) is 4.99 Å². The molecule has 0 N–H and O–H groups in total. The molecule has 0 bridgehead atoms. The number of nitrogens with zero attached hydrogens (tertiary/aromatic N) is 2. The molecule has 1 saturated heterocycles. The average molecular weight is 743 g/mol. The van der Waals surface area contributed by atoms with E-state index in [1.54, 1.807) is 55.5 Å². The Morgan fingerprint density at radius 3 is 2.29 bits per heavy atom. The molecular weight excluding hydrogens is 707 g/mol. The third kappa shape index (κ3) is 9.54. The maximum absolute atomic E-state index is 13.5. The van der Waals surface area contributed by atoms with Crippen molar-refractivity contribution in [2.75, 3.05) is 13.2 Å². The number of carbonyl (C=O) groups is 3. The monoisotopic (exact) mass is 742 g/mol. The highest BCUT2D eigenvalue weighted by Gasteiger charge is 2.50. The predicted octanol–water partition coefficient (Wildman–Crippen LogP) is 4.67. The molecule has 1 aliphatic heterocycles. The van der Waals surface area contributed by atoms with Crippen molar-refractivity contribution in [2.24, 2.45) is 12.0 Å². The van der Waals surface area contributed by atoms with E-state index in [0.29, 0.717) is 28.1 Å². The number of ether oxygens (including phenoxy) is 7. The molecule has 1 aromatic heterocycles. The third-order valence-corrected chi connectivity index (χ3v) is 7.98. The van der Waals surface area contributed by atoms with E-state index >= 15 is 0 Å². The normalized spacial score (nSPS) is 20.3. The molecule has 4 aromatic rings. The van der Waals surface area contributed by atoms with Crippen molar-refractivity contribution in [3.8, 4) is 11.5 Å². The molecule has 1 aliphatic rings. The minimum absolute atomic E-state index is 0.0137. The van der Waals surface area contributed by atoms with E-state index in [-0.39, 0.29) is 41.7 Å². The van der Waals surface area contributed by atoms with Crippen LogP contribution in [0.1, 0.15) is 33.3 Å². The van der Waals surface area contributed by atoms with Gasteiger partial charge in [-0.05, 0) is 61.0 Å². The molecule has 3 aromatic carbocycles. The molecule has 14 nitrogen and oxygen atoms in total. The lowest BCUT2D eigenvalue weighted by atomic mass is 9.99. The molecular formula is C36H36ClFN2O12. The zero-order valence-electron chi connectivity index (χ0n) is 28.8. The van der Waals surface area contributed by atoms with Crippen LogP contribution in [-0.2, 0) is 51.7 Å². The van der Waals surface area contributed by atoms with Crippen molar-refractivity contribution in [1.29, 1.82) is 0 Å². The van der Waals surface area contributed by atoms with Gasteiger partial charge in [0.15, 0.2) is 24.6 Å². The Bertz CT molecular complexity index is 2080. The lowest BCUT2D eigenvalue weighted by Crippen LogP contribution is -2.61. The van der Waals surface area contributed by atoms with Gasteiger partial charge < -0.3 is 37.6 Å². The van der Waals surface area contributed by atoms with E-state index in [4.69, 9.17) is 49.2 Å². The van der Waals surface area contributed by atoms with Gasteiger partial charge >= 0.3 is 23.7 Å². The van der Waals surface area contributed by atoms with Crippen LogP contribution >= 0.6 is 11.6 Å². The summed E-state index contributed by atoms with van der Waals surface area (Å²) in [6.45, 7) is 5.15. The minimum Gasteiger partial charge on any atom is -0.491 e. The Morgan fingerprint density at radius 2 is 1.60 bits per heavy atom. The molecule has 0 radical (unpaired) electrons. The molecule has 0 unspecified atom stereocenters. The van der Waals surface area contributed by atoms with Gasteiger partial charge in [-0.25, -0.2) is 14.2 Å². The van der Waals surface area contributed by atoms with Crippen LogP contribution in [0.25, 0.3) is 11.0 Å². The van der Waals surface area contributed by atoms with E-state index in [1.807, 2.05) is 0 Å². The number of hydrogen-bond donors (Lipinski definition) is 0. The first-order valence-corrected chi connectivity index (χ1v) is 16.4. The largest absolute Gasteiger partial charge is 0.491 e. The molecule has 0 amide bonds. The number of halogens is 2. The molecule has 0 aliphatic carbocycles. The molecule has 52 heavy (non-hydrogen) atoms. The fourth-order valence-electron chi connectivity index (χ4n) is 5.44. The summed E-state index contributed by atoms with van der Waals surface area (Å²) in [7, 11) is 1.50. The van der Waals surface area contributed by atoms with Crippen LogP contribution in [0.5, 0.6) is 11.5 Å². The Hall–Kier alpha value is -5.25. The zero-order valence-corrected chi connectivity index (χ0v) is 29.6. The van der Waals surface area contributed by atoms with Crippen LogP contribution in [0.4, 0.5) is 10.1 Å². The van der Waals surface area contributed by atoms with Crippen molar-refractivity contribution >= 4 is 46.2 Å². The number of aromatic nitrogens is 1. The molecule has 5 rings (SSSR count). The lowest BCUT2D eigenvalue weighted by molar-refractivity contribution is -0.301. The van der Waals surface area contributed by atoms with Gasteiger partial charge in [0.25, 0.3) is 0 Å². The maximum Gasteiger partial charge on any atom is 0.420 e. The van der Waals surface area contributed by atoms with Crippen molar-refractivity contribution < 1.29 is 56.3 Å². The second kappa shape index (κ2) is 16.8. The SMILES string of the molecule is CC(=O)O[C@@H]1[C@@H](OC(C)=O)[C@H](C)O[C@@H](OCCOc2ccc3oc(=O)n(C)c(=Nc4ccc(OCc5cccc(F)c5)c(Cl)c4)c3c2)[C@@H]1OC(C)=O. The first-order chi connectivity index (χ1) is 24.8. The first-order valence-electron chi connectivity index (χ1n) is 16.1. The van der Waals surface area contributed by atoms with E-state index in [9.17, 15) is 23.6 Å². The second-order valence-electron chi connectivity index (χ2n) is 11.7. The van der Waals surface area contributed by atoms with E-state index in [1.165, 1.54) is 44.5 Å². The molecule has 2 heterocycles. The fourth-order valence-corrected chi connectivity index (χ4v) is 5.67. The Labute approximate surface area is 301 Å². The highest BCUT2D eigenvalue weighted by atomic mass is 35.5. The van der Waals surface area contributed by atoms with Crippen molar-refractivity contribution in [3.05, 3.63) is 93.1 Å². The summed E-state index contributed by atoms with van der Waals surface area (Å²) >= 11 is 6.48. The maximum atomic E-state index is 13.5. The average Bonchev–Trinajstić information content (AvgIpc) is 3.07. The smallest absolute Gasteiger partial charge is 0.420 e. The quantitative estimate of drug-likeness (QED) is 0.112. The van der Waals surface area contributed by atoms with Gasteiger partial charge in [-0.2, -0.15) is 0 Å². The predicted molar refractivity (Wildman–Crippen MR) is 181 cm³/mol. The van der Waals surface area contributed by atoms with Crippen LogP contribution < -0.4 is 20.7 Å². The molecule has 0 spiro atoms. The van der Waals surface area contributed by atoms with Gasteiger partial charge in [0.05, 0.1) is 28.8 Å². The van der Waals surface area contributed by atoms with Gasteiger partial charge in [0.1, 0.15) is 41.6 Å². The first kappa shape index (κ1) is 38.0. The highest BCUT2D eigenvalue weighted by Crippen LogP contribution is 2.31. The number of rotatable bonds is 12. The second-order valence-corrected chi connectivity index (χ2v) is 12.1. The van der Waals surface area contributed by atoms with Crippen LogP contribution in [0.15, 0.2) is 74.9 Å². The molecule has 1 fully saturated rings. The fraction of sp³-hybridized carbons (Fsp3) is 0.361. The number of carbonyl (C=O) groups excluding carboxylic acids is 3. The van der Waals surface area contributed by atoms with Crippen molar-refractivity contribution in [1.82, 2.24) is 4.57 Å². The summed E-state index contributed by atoms with van der Waals surface area (Å²) in [5, 5.41) is 0.702. The number of benzene rings is 3. The van der Waals surface area contributed by atoms with Crippen molar-refractivity contribution in [2.45, 2.75) is 65.0 Å².